The standard InChI is InChI=1S/C14H13NO3/c1-9-12(10(2)18-15-9)8-13(14(16)17)11-6-4-3-5-7-11/h3-8H,1-2H3,(H,16,17)/b13-8-. The van der Waals surface area contributed by atoms with E-state index < -0.39 is 5.97 Å². The molecule has 0 atom stereocenters. The van der Waals surface area contributed by atoms with E-state index >= 15 is 0 Å². The van der Waals surface area contributed by atoms with Gasteiger partial charge < -0.3 is 9.63 Å². The fourth-order valence-electron chi connectivity index (χ4n) is 1.73. The van der Waals surface area contributed by atoms with Crippen molar-refractivity contribution in [2.75, 3.05) is 0 Å². The Hall–Kier alpha value is -2.36. The quantitative estimate of drug-likeness (QED) is 0.842. The van der Waals surface area contributed by atoms with Crippen LogP contribution < -0.4 is 0 Å². The van der Waals surface area contributed by atoms with Crippen LogP contribution in [0.4, 0.5) is 0 Å². The molecule has 1 aromatic heterocycles. The van der Waals surface area contributed by atoms with Gasteiger partial charge >= 0.3 is 5.97 Å². The molecular weight excluding hydrogens is 230 g/mol. The highest BCUT2D eigenvalue weighted by molar-refractivity contribution is 6.20. The van der Waals surface area contributed by atoms with Gasteiger partial charge in [0.05, 0.1) is 11.3 Å². The first kappa shape index (κ1) is 12.1. The Bertz CT molecular complexity index is 577. The molecule has 0 radical (unpaired) electrons. The van der Waals surface area contributed by atoms with Crippen molar-refractivity contribution < 1.29 is 14.4 Å². The number of hydrogen-bond acceptors (Lipinski definition) is 3. The van der Waals surface area contributed by atoms with Crippen LogP contribution in [-0.2, 0) is 4.79 Å². The zero-order valence-corrected chi connectivity index (χ0v) is 10.2. The van der Waals surface area contributed by atoms with Crippen molar-refractivity contribution in [2.24, 2.45) is 0 Å². The van der Waals surface area contributed by atoms with Crippen LogP contribution in [0.2, 0.25) is 0 Å². The zero-order valence-electron chi connectivity index (χ0n) is 10.2. The van der Waals surface area contributed by atoms with E-state index in [0.29, 0.717) is 17.0 Å². The first-order chi connectivity index (χ1) is 8.59. The van der Waals surface area contributed by atoms with Gasteiger partial charge in [-0.3, -0.25) is 0 Å². The summed E-state index contributed by atoms with van der Waals surface area (Å²) in [6.45, 7) is 3.54. The number of carboxylic acids is 1. The number of nitrogens with zero attached hydrogens (tertiary/aromatic N) is 1. The average molecular weight is 243 g/mol. The summed E-state index contributed by atoms with van der Waals surface area (Å²) < 4.78 is 5.02. The van der Waals surface area contributed by atoms with Gasteiger partial charge in [0.2, 0.25) is 0 Å². The number of benzene rings is 1. The van der Waals surface area contributed by atoms with Crippen molar-refractivity contribution >= 4 is 17.6 Å². The Morgan fingerprint density at radius 2 is 1.94 bits per heavy atom. The molecule has 0 aliphatic rings. The lowest BCUT2D eigenvalue weighted by Crippen LogP contribution is -1.99. The van der Waals surface area contributed by atoms with Gasteiger partial charge in [-0.05, 0) is 25.5 Å². The Morgan fingerprint density at radius 3 is 2.44 bits per heavy atom. The Morgan fingerprint density at radius 1 is 1.28 bits per heavy atom. The van der Waals surface area contributed by atoms with E-state index in [4.69, 9.17) is 4.52 Å². The largest absolute Gasteiger partial charge is 0.478 e. The summed E-state index contributed by atoms with van der Waals surface area (Å²) in [4.78, 5) is 11.3. The van der Waals surface area contributed by atoms with Gasteiger partial charge in [0, 0.05) is 5.56 Å². The minimum absolute atomic E-state index is 0.227. The van der Waals surface area contributed by atoms with E-state index in [9.17, 15) is 9.90 Å². The minimum Gasteiger partial charge on any atom is -0.478 e. The molecule has 92 valence electrons. The van der Waals surface area contributed by atoms with E-state index in [1.54, 1.807) is 44.2 Å². The maximum Gasteiger partial charge on any atom is 0.336 e. The number of hydrogen-bond donors (Lipinski definition) is 1. The first-order valence-corrected chi connectivity index (χ1v) is 5.53. The van der Waals surface area contributed by atoms with E-state index in [1.807, 2.05) is 6.07 Å². The second-order valence-corrected chi connectivity index (χ2v) is 3.97. The summed E-state index contributed by atoms with van der Waals surface area (Å²) in [7, 11) is 0. The Kier molecular flexibility index (Phi) is 3.28. The fraction of sp³-hybridized carbons (Fsp3) is 0.143. The predicted molar refractivity (Wildman–Crippen MR) is 67.9 cm³/mol. The molecule has 4 heteroatoms. The van der Waals surface area contributed by atoms with Crippen LogP contribution in [0, 0.1) is 13.8 Å². The molecular formula is C14H13NO3. The number of carbonyl (C=O) groups is 1. The first-order valence-electron chi connectivity index (χ1n) is 5.53. The van der Waals surface area contributed by atoms with Crippen molar-refractivity contribution in [1.82, 2.24) is 5.16 Å². The molecule has 1 N–H and O–H groups in total. The van der Waals surface area contributed by atoms with E-state index in [0.717, 1.165) is 5.56 Å². The molecule has 1 heterocycles. The fourth-order valence-corrected chi connectivity index (χ4v) is 1.73. The number of rotatable bonds is 3. The Labute approximate surface area is 105 Å². The van der Waals surface area contributed by atoms with Crippen molar-refractivity contribution in [2.45, 2.75) is 13.8 Å². The van der Waals surface area contributed by atoms with Gasteiger partial charge in [-0.15, -0.1) is 0 Å². The molecule has 1 aromatic carbocycles. The van der Waals surface area contributed by atoms with Crippen molar-refractivity contribution in [3.05, 3.63) is 52.9 Å². The van der Waals surface area contributed by atoms with Crippen LogP contribution in [0.25, 0.3) is 11.6 Å². The van der Waals surface area contributed by atoms with Crippen LogP contribution in [0.3, 0.4) is 0 Å². The average Bonchev–Trinajstić information content (AvgIpc) is 2.67. The Balaban J connectivity index is 2.53. The van der Waals surface area contributed by atoms with Gasteiger partial charge in [-0.25, -0.2) is 4.79 Å². The molecule has 0 bridgehead atoms. The van der Waals surface area contributed by atoms with Crippen LogP contribution in [-0.4, -0.2) is 16.2 Å². The summed E-state index contributed by atoms with van der Waals surface area (Å²) in [6.07, 6.45) is 1.60. The second kappa shape index (κ2) is 4.87. The molecule has 0 saturated heterocycles. The highest BCUT2D eigenvalue weighted by Gasteiger charge is 2.13. The predicted octanol–water partition coefficient (Wildman–Crippen LogP) is 2.92. The van der Waals surface area contributed by atoms with E-state index in [1.165, 1.54) is 0 Å². The third kappa shape index (κ3) is 2.32. The molecule has 0 fully saturated rings. The maximum absolute atomic E-state index is 11.3. The van der Waals surface area contributed by atoms with Crippen molar-refractivity contribution in [1.29, 1.82) is 0 Å². The summed E-state index contributed by atoms with van der Waals surface area (Å²) >= 11 is 0. The molecule has 0 saturated carbocycles. The molecule has 0 spiro atoms. The zero-order chi connectivity index (χ0) is 13.1. The highest BCUT2D eigenvalue weighted by Crippen LogP contribution is 2.22. The summed E-state index contributed by atoms with van der Waals surface area (Å²) in [5.41, 5.74) is 2.29. The van der Waals surface area contributed by atoms with Crippen LogP contribution in [0.1, 0.15) is 22.6 Å². The summed E-state index contributed by atoms with van der Waals surface area (Å²) in [6, 6.07) is 8.98. The molecule has 0 aliphatic heterocycles. The number of aryl methyl sites for hydroxylation is 2. The van der Waals surface area contributed by atoms with Crippen molar-refractivity contribution in [3.63, 3.8) is 0 Å². The minimum atomic E-state index is -0.971. The van der Waals surface area contributed by atoms with Gasteiger partial charge in [0.15, 0.2) is 0 Å². The summed E-state index contributed by atoms with van der Waals surface area (Å²) in [5.74, 6) is -0.358. The SMILES string of the molecule is Cc1noc(C)c1/C=C(\C(=O)O)c1ccccc1. The molecule has 0 amide bonds. The third-order valence-electron chi connectivity index (χ3n) is 2.69. The molecule has 2 rings (SSSR count). The smallest absolute Gasteiger partial charge is 0.336 e. The van der Waals surface area contributed by atoms with E-state index in [-0.39, 0.29) is 5.57 Å². The molecule has 0 unspecified atom stereocenters. The lowest BCUT2D eigenvalue weighted by atomic mass is 10.0. The molecule has 2 aromatic rings. The summed E-state index contributed by atoms with van der Waals surface area (Å²) in [5, 5.41) is 13.1. The number of aromatic nitrogens is 1. The van der Waals surface area contributed by atoms with Gasteiger partial charge in [-0.2, -0.15) is 0 Å². The second-order valence-electron chi connectivity index (χ2n) is 3.97. The molecule has 0 aliphatic carbocycles. The van der Waals surface area contributed by atoms with Crippen molar-refractivity contribution in [3.8, 4) is 0 Å². The molecule has 18 heavy (non-hydrogen) atoms. The van der Waals surface area contributed by atoms with Gasteiger partial charge in [0.25, 0.3) is 0 Å². The monoisotopic (exact) mass is 243 g/mol. The normalized spacial score (nSPS) is 11.6. The lowest BCUT2D eigenvalue weighted by molar-refractivity contribution is -0.130. The van der Waals surface area contributed by atoms with E-state index in [2.05, 4.69) is 5.16 Å². The van der Waals surface area contributed by atoms with Crippen LogP contribution in [0.5, 0.6) is 0 Å². The van der Waals surface area contributed by atoms with Crippen LogP contribution in [0.15, 0.2) is 34.9 Å². The van der Waals surface area contributed by atoms with Crippen LogP contribution >= 0.6 is 0 Å². The topological polar surface area (TPSA) is 63.3 Å². The number of carboxylic acid groups (broad SMARTS) is 1. The number of aliphatic carboxylic acids is 1. The van der Waals surface area contributed by atoms with Gasteiger partial charge in [-0.1, -0.05) is 35.5 Å². The lowest BCUT2D eigenvalue weighted by Gasteiger charge is -2.02. The highest BCUT2D eigenvalue weighted by atomic mass is 16.5. The van der Waals surface area contributed by atoms with Gasteiger partial charge in [0.1, 0.15) is 5.76 Å². The maximum atomic E-state index is 11.3. The molecule has 4 nitrogen and oxygen atoms in total. The third-order valence-corrected chi connectivity index (χ3v) is 2.69.